The van der Waals surface area contributed by atoms with E-state index in [1.807, 2.05) is 18.2 Å². The lowest BCUT2D eigenvalue weighted by atomic mass is 9.80. The molecule has 2 rings (SSSR count). The first kappa shape index (κ1) is 9.45. The zero-order chi connectivity index (χ0) is 10.0. The van der Waals surface area contributed by atoms with E-state index in [1.165, 1.54) is 12.0 Å². The number of aldehydes is 1. The first-order valence-corrected chi connectivity index (χ1v) is 5.29. The van der Waals surface area contributed by atoms with Crippen molar-refractivity contribution in [2.75, 3.05) is 0 Å². The zero-order valence-electron chi connectivity index (χ0n) is 8.57. The van der Waals surface area contributed by atoms with E-state index in [2.05, 4.69) is 19.1 Å². The second kappa shape index (κ2) is 3.56. The van der Waals surface area contributed by atoms with Crippen molar-refractivity contribution >= 4 is 6.29 Å². The molecule has 1 heteroatoms. The fraction of sp³-hybridized carbons (Fsp3) is 0.462. The number of benzene rings is 1. The zero-order valence-corrected chi connectivity index (χ0v) is 8.57. The average molecular weight is 188 g/mol. The van der Waals surface area contributed by atoms with Gasteiger partial charge in [0.05, 0.1) is 5.41 Å². The van der Waals surface area contributed by atoms with Crippen molar-refractivity contribution in [3.05, 3.63) is 35.9 Å². The van der Waals surface area contributed by atoms with Crippen molar-refractivity contribution in [1.82, 2.24) is 0 Å². The Hall–Kier alpha value is -1.11. The third-order valence-electron chi connectivity index (χ3n) is 3.37. The molecule has 0 bridgehead atoms. The maximum Gasteiger partial charge on any atom is 0.130 e. The van der Waals surface area contributed by atoms with Gasteiger partial charge in [-0.15, -0.1) is 0 Å². The van der Waals surface area contributed by atoms with Crippen LogP contribution in [0.15, 0.2) is 30.3 Å². The van der Waals surface area contributed by atoms with Crippen LogP contribution in [-0.4, -0.2) is 6.29 Å². The topological polar surface area (TPSA) is 17.1 Å². The Morgan fingerprint density at radius 1 is 1.36 bits per heavy atom. The number of carbonyl (C=O) groups is 1. The van der Waals surface area contributed by atoms with Gasteiger partial charge in [-0.1, -0.05) is 37.3 Å². The smallest absolute Gasteiger partial charge is 0.130 e. The molecular formula is C13H16O. The molecule has 1 nitrogen and oxygen atoms in total. The summed E-state index contributed by atoms with van der Waals surface area (Å²) in [6, 6.07) is 10.2. The van der Waals surface area contributed by atoms with Gasteiger partial charge in [-0.3, -0.25) is 0 Å². The fourth-order valence-electron chi connectivity index (χ4n) is 2.54. The van der Waals surface area contributed by atoms with Gasteiger partial charge < -0.3 is 4.79 Å². The molecule has 14 heavy (non-hydrogen) atoms. The van der Waals surface area contributed by atoms with Crippen LogP contribution in [0.1, 0.15) is 31.7 Å². The van der Waals surface area contributed by atoms with Crippen LogP contribution in [0.25, 0.3) is 0 Å². The molecule has 0 aliphatic heterocycles. The molecule has 2 atom stereocenters. The van der Waals surface area contributed by atoms with Crippen LogP contribution >= 0.6 is 0 Å². The van der Waals surface area contributed by atoms with Gasteiger partial charge in [0.15, 0.2) is 0 Å². The number of carbonyl (C=O) groups excluding carboxylic acids is 1. The Balaban J connectivity index is 2.34. The van der Waals surface area contributed by atoms with E-state index >= 15 is 0 Å². The highest BCUT2D eigenvalue weighted by Gasteiger charge is 2.38. The minimum atomic E-state index is -0.180. The van der Waals surface area contributed by atoms with Crippen molar-refractivity contribution in [3.63, 3.8) is 0 Å². The molecule has 0 amide bonds. The Bertz CT molecular complexity index is 317. The first-order chi connectivity index (χ1) is 6.77. The van der Waals surface area contributed by atoms with Crippen LogP contribution in [0.5, 0.6) is 0 Å². The van der Waals surface area contributed by atoms with Crippen LogP contribution in [0.3, 0.4) is 0 Å². The fourth-order valence-corrected chi connectivity index (χ4v) is 2.54. The molecule has 1 aromatic carbocycles. The van der Waals surface area contributed by atoms with Gasteiger partial charge in [0.25, 0.3) is 0 Å². The Kier molecular flexibility index (Phi) is 2.40. The predicted octanol–water partition coefficient (Wildman–Crippen LogP) is 2.94. The third kappa shape index (κ3) is 1.47. The van der Waals surface area contributed by atoms with Gasteiger partial charge in [-0.25, -0.2) is 0 Å². The van der Waals surface area contributed by atoms with Crippen LogP contribution in [-0.2, 0) is 10.2 Å². The molecule has 0 heterocycles. The summed E-state index contributed by atoms with van der Waals surface area (Å²) in [5.74, 6) is 0.681. The van der Waals surface area contributed by atoms with Crippen molar-refractivity contribution in [1.29, 1.82) is 0 Å². The molecule has 0 spiro atoms. The van der Waals surface area contributed by atoms with E-state index in [4.69, 9.17) is 0 Å². The van der Waals surface area contributed by atoms with Gasteiger partial charge in [0.2, 0.25) is 0 Å². The number of rotatable bonds is 2. The molecule has 0 saturated heterocycles. The summed E-state index contributed by atoms with van der Waals surface area (Å²) in [5, 5.41) is 0. The SMILES string of the molecule is CC1CCC(C=O)(c2ccccc2)C1. The molecule has 1 aliphatic carbocycles. The first-order valence-electron chi connectivity index (χ1n) is 5.29. The van der Waals surface area contributed by atoms with Crippen LogP contribution in [0, 0.1) is 5.92 Å². The van der Waals surface area contributed by atoms with Gasteiger partial charge in [-0.2, -0.15) is 0 Å². The maximum absolute atomic E-state index is 11.3. The number of hydrogen-bond donors (Lipinski definition) is 0. The maximum atomic E-state index is 11.3. The van der Waals surface area contributed by atoms with E-state index < -0.39 is 0 Å². The molecule has 1 saturated carbocycles. The predicted molar refractivity (Wildman–Crippen MR) is 57.2 cm³/mol. The summed E-state index contributed by atoms with van der Waals surface area (Å²) in [6.45, 7) is 2.23. The third-order valence-corrected chi connectivity index (χ3v) is 3.37. The van der Waals surface area contributed by atoms with Crippen molar-refractivity contribution in [2.45, 2.75) is 31.6 Å². The molecule has 0 N–H and O–H groups in total. The Morgan fingerprint density at radius 3 is 2.57 bits per heavy atom. The highest BCUT2D eigenvalue weighted by molar-refractivity contribution is 5.69. The largest absolute Gasteiger partial charge is 0.302 e. The summed E-state index contributed by atoms with van der Waals surface area (Å²) in [5.41, 5.74) is 1.01. The minimum absolute atomic E-state index is 0.180. The molecule has 1 aromatic rings. The van der Waals surface area contributed by atoms with E-state index in [0.29, 0.717) is 5.92 Å². The molecule has 74 valence electrons. The molecular weight excluding hydrogens is 172 g/mol. The summed E-state index contributed by atoms with van der Waals surface area (Å²) < 4.78 is 0. The summed E-state index contributed by atoms with van der Waals surface area (Å²) in [6.07, 6.45) is 4.36. The van der Waals surface area contributed by atoms with Crippen molar-refractivity contribution < 1.29 is 4.79 Å². The Morgan fingerprint density at radius 2 is 2.07 bits per heavy atom. The van der Waals surface area contributed by atoms with E-state index in [1.54, 1.807) is 0 Å². The summed E-state index contributed by atoms with van der Waals surface area (Å²) in [4.78, 5) is 11.3. The van der Waals surface area contributed by atoms with Crippen LogP contribution in [0.2, 0.25) is 0 Å². The standard InChI is InChI=1S/C13H16O/c1-11-7-8-13(9-11,10-14)12-5-3-2-4-6-12/h2-6,10-11H,7-9H2,1H3. The molecule has 2 unspecified atom stereocenters. The normalized spacial score (nSPS) is 31.6. The minimum Gasteiger partial charge on any atom is -0.302 e. The van der Waals surface area contributed by atoms with Gasteiger partial charge in [-0.05, 0) is 30.7 Å². The highest BCUT2D eigenvalue weighted by Crippen LogP contribution is 2.42. The lowest BCUT2D eigenvalue weighted by Gasteiger charge is -2.22. The van der Waals surface area contributed by atoms with E-state index in [9.17, 15) is 4.79 Å². The van der Waals surface area contributed by atoms with Crippen LogP contribution in [0.4, 0.5) is 0 Å². The van der Waals surface area contributed by atoms with Gasteiger partial charge in [0, 0.05) is 0 Å². The van der Waals surface area contributed by atoms with Crippen LogP contribution < -0.4 is 0 Å². The lowest BCUT2D eigenvalue weighted by Crippen LogP contribution is -2.24. The van der Waals surface area contributed by atoms with Gasteiger partial charge >= 0.3 is 0 Å². The van der Waals surface area contributed by atoms with Crippen molar-refractivity contribution in [3.8, 4) is 0 Å². The lowest BCUT2D eigenvalue weighted by molar-refractivity contribution is -0.112. The second-order valence-corrected chi connectivity index (χ2v) is 4.49. The second-order valence-electron chi connectivity index (χ2n) is 4.49. The Labute approximate surface area is 85.1 Å². The van der Waals surface area contributed by atoms with E-state index in [-0.39, 0.29) is 5.41 Å². The number of hydrogen-bond acceptors (Lipinski definition) is 1. The molecule has 0 radical (unpaired) electrons. The molecule has 1 fully saturated rings. The average Bonchev–Trinajstić information content (AvgIpc) is 2.63. The molecule has 1 aliphatic rings. The quantitative estimate of drug-likeness (QED) is 0.652. The van der Waals surface area contributed by atoms with Crippen molar-refractivity contribution in [2.24, 2.45) is 5.92 Å². The van der Waals surface area contributed by atoms with Gasteiger partial charge in [0.1, 0.15) is 6.29 Å². The summed E-state index contributed by atoms with van der Waals surface area (Å²) >= 11 is 0. The van der Waals surface area contributed by atoms with E-state index in [0.717, 1.165) is 19.1 Å². The highest BCUT2D eigenvalue weighted by atomic mass is 16.1. The summed E-state index contributed by atoms with van der Waals surface area (Å²) in [7, 11) is 0. The molecule has 0 aromatic heterocycles. The monoisotopic (exact) mass is 188 g/mol.